The highest BCUT2D eigenvalue weighted by Crippen LogP contribution is 2.42. The molecular formula is C23H25N3O. The molecule has 1 amide bonds. The van der Waals surface area contributed by atoms with Crippen LogP contribution in [-0.2, 0) is 11.2 Å². The summed E-state index contributed by atoms with van der Waals surface area (Å²) in [5, 5.41) is 4.40. The van der Waals surface area contributed by atoms with E-state index in [2.05, 4.69) is 43.2 Å². The third kappa shape index (κ3) is 3.65. The molecule has 0 bridgehead atoms. The Labute approximate surface area is 160 Å². The van der Waals surface area contributed by atoms with E-state index < -0.39 is 0 Å². The van der Waals surface area contributed by atoms with Crippen molar-refractivity contribution in [3.05, 3.63) is 84.2 Å². The molecule has 0 spiro atoms. The van der Waals surface area contributed by atoms with Crippen LogP contribution in [0.1, 0.15) is 30.9 Å². The summed E-state index contributed by atoms with van der Waals surface area (Å²) in [5.74, 6) is 0.545. The van der Waals surface area contributed by atoms with Crippen molar-refractivity contribution < 1.29 is 4.79 Å². The Hall–Kier alpha value is -2.88. The monoisotopic (exact) mass is 359 g/mol. The predicted molar refractivity (Wildman–Crippen MR) is 107 cm³/mol. The molecule has 3 aromatic rings. The molecule has 0 saturated carbocycles. The summed E-state index contributed by atoms with van der Waals surface area (Å²) < 4.78 is 1.82. The summed E-state index contributed by atoms with van der Waals surface area (Å²) >= 11 is 0. The van der Waals surface area contributed by atoms with Crippen molar-refractivity contribution in [3.8, 4) is 5.69 Å². The number of hydrogen-bond donors (Lipinski definition) is 0. The van der Waals surface area contributed by atoms with Crippen molar-refractivity contribution in [2.45, 2.75) is 26.2 Å². The number of nitrogens with zero attached hydrogens (tertiary/aromatic N) is 3. The van der Waals surface area contributed by atoms with Gasteiger partial charge in [0.05, 0.1) is 18.3 Å². The lowest BCUT2D eigenvalue weighted by Crippen LogP contribution is -2.31. The van der Waals surface area contributed by atoms with Crippen LogP contribution >= 0.6 is 0 Å². The van der Waals surface area contributed by atoms with Crippen LogP contribution in [0, 0.1) is 5.41 Å². The number of likely N-dealkylation sites (tertiary alicyclic amines) is 1. The van der Waals surface area contributed by atoms with Crippen LogP contribution in [0.3, 0.4) is 0 Å². The van der Waals surface area contributed by atoms with Crippen molar-refractivity contribution in [1.82, 2.24) is 14.7 Å². The topological polar surface area (TPSA) is 38.1 Å². The maximum Gasteiger partial charge on any atom is 0.227 e. The SMILES string of the molecule is CC1(C)CN(C(=O)Cc2cnn(-c3ccccc3)c2)CC1c1ccccc1. The number of carbonyl (C=O) groups excluding carboxylic acids is 1. The van der Waals surface area contributed by atoms with Gasteiger partial charge in [0.15, 0.2) is 0 Å². The van der Waals surface area contributed by atoms with Gasteiger partial charge in [0.1, 0.15) is 0 Å². The number of aromatic nitrogens is 2. The molecule has 1 aliphatic rings. The van der Waals surface area contributed by atoms with Gasteiger partial charge in [0.2, 0.25) is 5.91 Å². The molecule has 1 saturated heterocycles. The van der Waals surface area contributed by atoms with Crippen molar-refractivity contribution in [3.63, 3.8) is 0 Å². The van der Waals surface area contributed by atoms with Crippen LogP contribution < -0.4 is 0 Å². The van der Waals surface area contributed by atoms with E-state index in [1.807, 2.05) is 52.2 Å². The molecule has 4 nitrogen and oxygen atoms in total. The molecule has 1 aromatic heterocycles. The van der Waals surface area contributed by atoms with E-state index in [9.17, 15) is 4.79 Å². The second-order valence-corrected chi connectivity index (χ2v) is 8.03. The maximum atomic E-state index is 12.9. The summed E-state index contributed by atoms with van der Waals surface area (Å²) in [6, 6.07) is 20.5. The lowest BCUT2D eigenvalue weighted by molar-refractivity contribution is -0.129. The Morgan fingerprint density at radius 1 is 1.07 bits per heavy atom. The first-order chi connectivity index (χ1) is 13.0. The lowest BCUT2D eigenvalue weighted by Gasteiger charge is -2.25. The van der Waals surface area contributed by atoms with E-state index in [1.54, 1.807) is 6.20 Å². The van der Waals surface area contributed by atoms with E-state index >= 15 is 0 Å². The highest BCUT2D eigenvalue weighted by molar-refractivity contribution is 5.79. The van der Waals surface area contributed by atoms with Crippen LogP contribution in [0.25, 0.3) is 5.69 Å². The van der Waals surface area contributed by atoms with Crippen LogP contribution in [-0.4, -0.2) is 33.7 Å². The standard InChI is InChI=1S/C23H25N3O/c1-23(2)17-25(16-21(23)19-9-5-3-6-10-19)22(27)13-18-14-24-26(15-18)20-11-7-4-8-12-20/h3-12,14-15,21H,13,16-17H2,1-2H3. The van der Waals surface area contributed by atoms with Crippen molar-refractivity contribution in [1.29, 1.82) is 0 Å². The van der Waals surface area contributed by atoms with Crippen molar-refractivity contribution >= 4 is 5.91 Å². The minimum atomic E-state index is 0.0746. The third-order valence-corrected chi connectivity index (χ3v) is 5.51. The van der Waals surface area contributed by atoms with Gasteiger partial charge in [-0.25, -0.2) is 4.68 Å². The fourth-order valence-corrected chi connectivity index (χ4v) is 4.03. The molecule has 2 heterocycles. The molecule has 4 rings (SSSR count). The first kappa shape index (κ1) is 17.5. The number of hydrogen-bond acceptors (Lipinski definition) is 2. The molecule has 2 aromatic carbocycles. The Morgan fingerprint density at radius 3 is 2.44 bits per heavy atom. The maximum absolute atomic E-state index is 12.9. The van der Waals surface area contributed by atoms with Crippen molar-refractivity contribution in [2.24, 2.45) is 5.41 Å². The normalized spacial score (nSPS) is 18.6. The second-order valence-electron chi connectivity index (χ2n) is 8.03. The lowest BCUT2D eigenvalue weighted by atomic mass is 9.78. The van der Waals surface area contributed by atoms with Gasteiger partial charge in [-0.2, -0.15) is 5.10 Å². The van der Waals surface area contributed by atoms with E-state index in [0.717, 1.165) is 24.3 Å². The summed E-state index contributed by atoms with van der Waals surface area (Å²) in [5.41, 5.74) is 3.34. The number of carbonyl (C=O) groups is 1. The Morgan fingerprint density at radius 2 is 1.74 bits per heavy atom. The number of rotatable bonds is 4. The fourth-order valence-electron chi connectivity index (χ4n) is 4.03. The Balaban J connectivity index is 1.46. The van der Waals surface area contributed by atoms with Gasteiger partial charge in [-0.05, 0) is 28.7 Å². The number of amides is 1. The molecule has 4 heteroatoms. The average molecular weight is 359 g/mol. The molecule has 1 fully saturated rings. The highest BCUT2D eigenvalue weighted by atomic mass is 16.2. The zero-order valence-electron chi connectivity index (χ0n) is 15.9. The molecule has 1 aliphatic heterocycles. The van der Waals surface area contributed by atoms with E-state index in [1.165, 1.54) is 5.56 Å². The van der Waals surface area contributed by atoms with Crippen LogP contribution in [0.2, 0.25) is 0 Å². The minimum Gasteiger partial charge on any atom is -0.341 e. The van der Waals surface area contributed by atoms with Crippen molar-refractivity contribution in [2.75, 3.05) is 13.1 Å². The fraction of sp³-hybridized carbons (Fsp3) is 0.304. The van der Waals surface area contributed by atoms with Gasteiger partial charge in [-0.1, -0.05) is 62.4 Å². The van der Waals surface area contributed by atoms with E-state index in [-0.39, 0.29) is 11.3 Å². The smallest absolute Gasteiger partial charge is 0.227 e. The van der Waals surface area contributed by atoms with Crippen LogP contribution in [0.5, 0.6) is 0 Å². The molecular weight excluding hydrogens is 334 g/mol. The summed E-state index contributed by atoms with van der Waals surface area (Å²) in [6.45, 7) is 6.08. The molecule has 0 radical (unpaired) electrons. The molecule has 0 aliphatic carbocycles. The van der Waals surface area contributed by atoms with Gasteiger partial charge in [0, 0.05) is 25.2 Å². The Kier molecular flexibility index (Phi) is 4.56. The minimum absolute atomic E-state index is 0.0746. The van der Waals surface area contributed by atoms with Gasteiger partial charge in [-0.15, -0.1) is 0 Å². The van der Waals surface area contributed by atoms with Crippen LogP contribution in [0.4, 0.5) is 0 Å². The first-order valence-electron chi connectivity index (χ1n) is 9.45. The van der Waals surface area contributed by atoms with E-state index in [4.69, 9.17) is 0 Å². The van der Waals surface area contributed by atoms with E-state index in [0.29, 0.717) is 12.3 Å². The van der Waals surface area contributed by atoms with Gasteiger partial charge in [0.25, 0.3) is 0 Å². The summed E-state index contributed by atoms with van der Waals surface area (Å²) in [7, 11) is 0. The van der Waals surface area contributed by atoms with Crippen LogP contribution in [0.15, 0.2) is 73.1 Å². The molecule has 0 N–H and O–H groups in total. The average Bonchev–Trinajstić information content (AvgIpc) is 3.27. The van der Waals surface area contributed by atoms with Gasteiger partial charge in [-0.3, -0.25) is 4.79 Å². The third-order valence-electron chi connectivity index (χ3n) is 5.51. The zero-order valence-corrected chi connectivity index (χ0v) is 15.9. The zero-order chi connectivity index (χ0) is 18.9. The first-order valence-corrected chi connectivity index (χ1v) is 9.45. The highest BCUT2D eigenvalue weighted by Gasteiger charge is 2.41. The number of para-hydroxylation sites is 1. The molecule has 27 heavy (non-hydrogen) atoms. The number of benzene rings is 2. The molecule has 138 valence electrons. The second kappa shape index (κ2) is 7.03. The molecule has 1 atom stereocenters. The summed E-state index contributed by atoms with van der Waals surface area (Å²) in [6.07, 6.45) is 4.13. The Bertz CT molecular complexity index is 915. The van der Waals surface area contributed by atoms with Gasteiger partial charge < -0.3 is 4.90 Å². The predicted octanol–water partition coefficient (Wildman–Crippen LogP) is 4.07. The summed E-state index contributed by atoms with van der Waals surface area (Å²) in [4.78, 5) is 14.9. The largest absolute Gasteiger partial charge is 0.341 e. The molecule has 1 unspecified atom stereocenters. The van der Waals surface area contributed by atoms with Gasteiger partial charge >= 0.3 is 0 Å². The quantitative estimate of drug-likeness (QED) is 0.704.